The predicted octanol–water partition coefficient (Wildman–Crippen LogP) is 6.13. The Hall–Kier alpha value is -3.46. The van der Waals surface area contributed by atoms with Gasteiger partial charge in [0.05, 0.1) is 16.5 Å². The molecule has 1 heterocycles. The molecule has 0 saturated carbocycles. The van der Waals surface area contributed by atoms with Gasteiger partial charge in [-0.3, -0.25) is 19.3 Å². The summed E-state index contributed by atoms with van der Waals surface area (Å²) in [5, 5.41) is 3.17. The van der Waals surface area contributed by atoms with Gasteiger partial charge in [0.25, 0.3) is 17.1 Å². The van der Waals surface area contributed by atoms with E-state index in [4.69, 9.17) is 32.7 Å². The molecule has 0 aromatic heterocycles. The maximum Gasteiger partial charge on any atom is 0.293 e. The lowest BCUT2D eigenvalue weighted by molar-refractivity contribution is -0.123. The molecule has 0 unspecified atom stereocenters. The van der Waals surface area contributed by atoms with Gasteiger partial charge in [-0.25, -0.2) is 0 Å². The summed E-state index contributed by atoms with van der Waals surface area (Å²) in [4.78, 5) is 38.9. The number of nitrogens with zero attached hydrogens (tertiary/aromatic N) is 1. The van der Waals surface area contributed by atoms with Crippen molar-refractivity contribution < 1.29 is 23.9 Å². The SMILES string of the molecule is O=C(COc1ccc(Cl)cc1/C=C1\SC(=O)N(CCOc2ccccc2Cl)C1=O)Nc1ccccc1. The Kier molecular flexibility index (Phi) is 8.53. The number of imide groups is 1. The van der Waals surface area contributed by atoms with Crippen molar-refractivity contribution in [2.45, 2.75) is 0 Å². The molecule has 1 aliphatic heterocycles. The summed E-state index contributed by atoms with van der Waals surface area (Å²) >= 11 is 13.0. The van der Waals surface area contributed by atoms with Crippen LogP contribution in [0.2, 0.25) is 10.0 Å². The quantitative estimate of drug-likeness (QED) is 0.327. The highest BCUT2D eigenvalue weighted by Gasteiger charge is 2.35. The number of benzene rings is 3. The van der Waals surface area contributed by atoms with Crippen LogP contribution in [0.1, 0.15) is 5.56 Å². The van der Waals surface area contributed by atoms with Crippen LogP contribution in [-0.4, -0.2) is 41.7 Å². The Morgan fingerprint density at radius 2 is 1.69 bits per heavy atom. The van der Waals surface area contributed by atoms with E-state index in [0.717, 1.165) is 16.7 Å². The number of amides is 3. The molecule has 10 heteroatoms. The van der Waals surface area contributed by atoms with Crippen LogP contribution < -0.4 is 14.8 Å². The molecule has 3 amide bonds. The average molecular weight is 543 g/mol. The molecule has 0 bridgehead atoms. The van der Waals surface area contributed by atoms with Crippen LogP contribution in [0.4, 0.5) is 10.5 Å². The minimum absolute atomic E-state index is 0.0613. The number of carbonyl (C=O) groups is 3. The molecule has 1 saturated heterocycles. The number of hydrogen-bond donors (Lipinski definition) is 1. The fourth-order valence-electron chi connectivity index (χ4n) is 3.27. The Labute approximate surface area is 222 Å². The van der Waals surface area contributed by atoms with Crippen LogP contribution in [0, 0.1) is 0 Å². The van der Waals surface area contributed by atoms with Gasteiger partial charge in [-0.05, 0) is 60.3 Å². The van der Waals surface area contributed by atoms with Crippen LogP contribution in [0.15, 0.2) is 77.7 Å². The normalized spacial score (nSPS) is 14.3. The molecule has 1 N–H and O–H groups in total. The van der Waals surface area contributed by atoms with Gasteiger partial charge in [0.1, 0.15) is 18.1 Å². The molecule has 3 aromatic carbocycles. The summed E-state index contributed by atoms with van der Waals surface area (Å²) in [5.74, 6) is 0.0108. The van der Waals surface area contributed by atoms with Crippen molar-refractivity contribution in [1.29, 1.82) is 0 Å². The maximum atomic E-state index is 12.9. The topological polar surface area (TPSA) is 84.9 Å². The maximum absolute atomic E-state index is 12.9. The van der Waals surface area contributed by atoms with Gasteiger partial charge >= 0.3 is 0 Å². The van der Waals surface area contributed by atoms with Crippen molar-refractivity contribution in [2.75, 3.05) is 25.1 Å². The zero-order chi connectivity index (χ0) is 25.5. The number of anilines is 1. The Morgan fingerprint density at radius 1 is 0.944 bits per heavy atom. The monoisotopic (exact) mass is 542 g/mol. The number of para-hydroxylation sites is 2. The summed E-state index contributed by atoms with van der Waals surface area (Å²) < 4.78 is 11.3. The highest BCUT2D eigenvalue weighted by atomic mass is 35.5. The average Bonchev–Trinajstić information content (AvgIpc) is 3.12. The van der Waals surface area contributed by atoms with Gasteiger partial charge in [-0.15, -0.1) is 0 Å². The highest BCUT2D eigenvalue weighted by Crippen LogP contribution is 2.35. The van der Waals surface area contributed by atoms with E-state index in [1.165, 1.54) is 6.08 Å². The van der Waals surface area contributed by atoms with Crippen LogP contribution >= 0.6 is 35.0 Å². The van der Waals surface area contributed by atoms with Crippen LogP contribution in [0.25, 0.3) is 6.08 Å². The first kappa shape index (κ1) is 25.6. The lowest BCUT2D eigenvalue weighted by Gasteiger charge is -2.14. The lowest BCUT2D eigenvalue weighted by Crippen LogP contribution is -2.32. The van der Waals surface area contributed by atoms with Crippen molar-refractivity contribution in [3.05, 3.63) is 93.3 Å². The molecule has 0 atom stereocenters. The summed E-state index contributed by atoms with van der Waals surface area (Å²) in [6.45, 7) is -0.0961. The van der Waals surface area contributed by atoms with Crippen molar-refractivity contribution >= 4 is 63.8 Å². The zero-order valence-electron chi connectivity index (χ0n) is 18.8. The van der Waals surface area contributed by atoms with Gasteiger partial charge in [-0.2, -0.15) is 0 Å². The van der Waals surface area contributed by atoms with Gasteiger partial charge < -0.3 is 14.8 Å². The van der Waals surface area contributed by atoms with Crippen molar-refractivity contribution in [1.82, 2.24) is 4.90 Å². The molecule has 7 nitrogen and oxygen atoms in total. The molecule has 184 valence electrons. The minimum atomic E-state index is -0.458. The number of carbonyl (C=O) groups excluding carboxylic acids is 3. The van der Waals surface area contributed by atoms with E-state index in [0.29, 0.717) is 32.8 Å². The highest BCUT2D eigenvalue weighted by molar-refractivity contribution is 8.18. The summed E-state index contributed by atoms with van der Waals surface area (Å²) in [6, 6.07) is 20.8. The van der Waals surface area contributed by atoms with Crippen molar-refractivity contribution in [2.24, 2.45) is 0 Å². The molecular weight excluding hydrogens is 523 g/mol. The fraction of sp³-hybridized carbons (Fsp3) is 0.115. The third-order valence-electron chi connectivity index (χ3n) is 4.96. The van der Waals surface area contributed by atoms with E-state index in [-0.39, 0.29) is 30.6 Å². The van der Waals surface area contributed by atoms with Crippen LogP contribution in [0.5, 0.6) is 11.5 Å². The minimum Gasteiger partial charge on any atom is -0.490 e. The second-order valence-corrected chi connectivity index (χ2v) is 9.33. The molecule has 1 aliphatic rings. The molecule has 0 aliphatic carbocycles. The zero-order valence-corrected chi connectivity index (χ0v) is 21.1. The first-order valence-corrected chi connectivity index (χ1v) is 12.4. The van der Waals surface area contributed by atoms with Crippen molar-refractivity contribution in [3.63, 3.8) is 0 Å². The molecule has 0 spiro atoms. The number of nitrogens with one attached hydrogen (secondary N) is 1. The van der Waals surface area contributed by atoms with E-state index < -0.39 is 11.1 Å². The number of halogens is 2. The molecule has 3 aromatic rings. The number of hydrogen-bond acceptors (Lipinski definition) is 6. The standard InChI is InChI=1S/C26H20Cl2N2O5S/c27-18-10-11-21(35-16-24(31)29-19-6-2-1-3-7-19)17(14-18)15-23-25(32)30(26(33)36-23)12-13-34-22-9-5-4-8-20(22)28/h1-11,14-15H,12-13,16H2,(H,29,31)/b23-15-. The molecule has 4 rings (SSSR count). The molecule has 1 fully saturated rings. The van der Waals surface area contributed by atoms with Crippen molar-refractivity contribution in [3.8, 4) is 11.5 Å². The number of rotatable bonds is 9. The first-order chi connectivity index (χ1) is 17.4. The third-order valence-corrected chi connectivity index (χ3v) is 6.41. The van der Waals surface area contributed by atoms with Gasteiger partial charge in [0.15, 0.2) is 6.61 Å². The van der Waals surface area contributed by atoms with E-state index in [9.17, 15) is 14.4 Å². The molecule has 36 heavy (non-hydrogen) atoms. The van der Waals surface area contributed by atoms with E-state index >= 15 is 0 Å². The Balaban J connectivity index is 1.41. The van der Waals surface area contributed by atoms with Gasteiger partial charge in [0.2, 0.25) is 0 Å². The summed E-state index contributed by atoms with van der Waals surface area (Å²) in [5.41, 5.74) is 1.11. The second kappa shape index (κ2) is 12.0. The lowest BCUT2D eigenvalue weighted by atomic mass is 10.2. The largest absolute Gasteiger partial charge is 0.490 e. The Bertz CT molecular complexity index is 1320. The first-order valence-electron chi connectivity index (χ1n) is 10.8. The number of thioether (sulfide) groups is 1. The fourth-order valence-corrected chi connectivity index (χ4v) is 4.49. The predicted molar refractivity (Wildman–Crippen MR) is 142 cm³/mol. The second-order valence-electron chi connectivity index (χ2n) is 7.50. The van der Waals surface area contributed by atoms with Gasteiger partial charge in [-0.1, -0.05) is 53.5 Å². The number of ether oxygens (including phenoxy) is 2. The smallest absolute Gasteiger partial charge is 0.293 e. The van der Waals surface area contributed by atoms with E-state index in [1.54, 1.807) is 54.6 Å². The summed E-state index contributed by atoms with van der Waals surface area (Å²) in [6.07, 6.45) is 1.52. The Morgan fingerprint density at radius 3 is 2.47 bits per heavy atom. The van der Waals surface area contributed by atoms with Crippen LogP contribution in [-0.2, 0) is 9.59 Å². The molecular formula is C26H20Cl2N2O5S. The summed E-state index contributed by atoms with van der Waals surface area (Å²) in [7, 11) is 0. The van der Waals surface area contributed by atoms with Crippen LogP contribution in [0.3, 0.4) is 0 Å². The third kappa shape index (κ3) is 6.60. The van der Waals surface area contributed by atoms with E-state index in [2.05, 4.69) is 5.32 Å². The molecule has 0 radical (unpaired) electrons. The van der Waals surface area contributed by atoms with E-state index in [1.807, 2.05) is 18.2 Å². The van der Waals surface area contributed by atoms with Gasteiger partial charge in [0, 0.05) is 16.3 Å².